The van der Waals surface area contributed by atoms with Crippen LogP contribution in [0.25, 0.3) is 0 Å². The lowest BCUT2D eigenvalue weighted by molar-refractivity contribution is -0.126. The number of rotatable bonds is 4. The molecule has 0 aromatic rings. The molecule has 1 rings (SSSR count). The maximum absolute atomic E-state index is 11.4. The Balaban J connectivity index is 2.38. The molecule has 82 valence electrons. The number of carbonyl (C=O) groups excluding carboxylic acids is 1. The van der Waals surface area contributed by atoms with Gasteiger partial charge in [-0.3, -0.25) is 4.79 Å². The molecule has 0 atom stereocenters. The Morgan fingerprint density at radius 1 is 1.43 bits per heavy atom. The van der Waals surface area contributed by atoms with E-state index in [2.05, 4.69) is 4.90 Å². The highest BCUT2D eigenvalue weighted by Crippen LogP contribution is 2.25. The number of ketones is 1. The van der Waals surface area contributed by atoms with Crippen molar-refractivity contribution in [3.8, 4) is 0 Å². The van der Waals surface area contributed by atoms with Gasteiger partial charge in [-0.15, -0.1) is 0 Å². The minimum atomic E-state index is -0.710. The van der Waals surface area contributed by atoms with Crippen LogP contribution in [-0.2, 0) is 4.79 Å². The van der Waals surface area contributed by atoms with Crippen molar-refractivity contribution in [2.24, 2.45) is 0 Å². The van der Waals surface area contributed by atoms with Crippen LogP contribution >= 0.6 is 0 Å². The molecule has 1 saturated heterocycles. The third kappa shape index (κ3) is 3.39. The predicted octanol–water partition coefficient (Wildman–Crippen LogP) is 1.20. The molecule has 0 aliphatic carbocycles. The Morgan fingerprint density at radius 3 is 2.50 bits per heavy atom. The Hall–Kier alpha value is -0.410. The van der Waals surface area contributed by atoms with E-state index in [4.69, 9.17) is 0 Å². The van der Waals surface area contributed by atoms with Gasteiger partial charge in [-0.1, -0.05) is 6.92 Å². The van der Waals surface area contributed by atoms with Crippen molar-refractivity contribution in [2.45, 2.75) is 44.6 Å². The van der Waals surface area contributed by atoms with Crippen LogP contribution in [0.5, 0.6) is 0 Å². The first-order valence-corrected chi connectivity index (χ1v) is 5.48. The predicted molar refractivity (Wildman–Crippen MR) is 56.2 cm³/mol. The van der Waals surface area contributed by atoms with Gasteiger partial charge in [-0.2, -0.15) is 0 Å². The van der Waals surface area contributed by atoms with Crippen LogP contribution in [0.3, 0.4) is 0 Å². The summed E-state index contributed by atoms with van der Waals surface area (Å²) in [5.41, 5.74) is -0.710. The number of piperidine rings is 1. The summed E-state index contributed by atoms with van der Waals surface area (Å²) in [6.07, 6.45) is 3.32. The molecule has 0 radical (unpaired) electrons. The molecule has 0 unspecified atom stereocenters. The minimum Gasteiger partial charge on any atom is -0.389 e. The number of nitrogens with zero attached hydrogens (tertiary/aromatic N) is 1. The molecule has 1 N–H and O–H groups in total. The topological polar surface area (TPSA) is 40.5 Å². The highest BCUT2D eigenvalue weighted by Gasteiger charge is 2.32. The van der Waals surface area contributed by atoms with Crippen molar-refractivity contribution in [1.29, 1.82) is 0 Å². The summed E-state index contributed by atoms with van der Waals surface area (Å²) in [5, 5.41) is 10.1. The number of likely N-dealkylation sites (tertiary alicyclic amines) is 1. The molecule has 3 nitrogen and oxygen atoms in total. The molecular formula is C11H21NO2. The largest absolute Gasteiger partial charge is 0.389 e. The van der Waals surface area contributed by atoms with E-state index in [9.17, 15) is 9.90 Å². The van der Waals surface area contributed by atoms with E-state index in [0.717, 1.165) is 32.4 Å². The number of carbonyl (C=O) groups is 1. The first kappa shape index (κ1) is 11.7. The molecule has 0 aromatic heterocycles. The lowest BCUT2D eigenvalue weighted by Gasteiger charge is -2.36. The fraction of sp³-hybridized carbons (Fsp3) is 0.909. The number of Topliss-reactive ketones (excluding diaryl/α,β-unsaturated/α-hetero) is 1. The van der Waals surface area contributed by atoms with E-state index in [-0.39, 0.29) is 5.78 Å². The molecule has 0 amide bonds. The number of aliphatic hydroxyl groups is 1. The lowest BCUT2D eigenvalue weighted by Crippen LogP contribution is -2.43. The van der Waals surface area contributed by atoms with Crippen LogP contribution in [0, 0.1) is 0 Å². The summed E-state index contributed by atoms with van der Waals surface area (Å²) in [4.78, 5) is 13.6. The van der Waals surface area contributed by atoms with Crippen LogP contribution in [0.4, 0.5) is 0 Å². The number of hydrogen-bond acceptors (Lipinski definition) is 3. The van der Waals surface area contributed by atoms with E-state index in [1.165, 1.54) is 0 Å². The summed E-state index contributed by atoms with van der Waals surface area (Å²) in [7, 11) is 2.05. The second-order valence-electron chi connectivity index (χ2n) is 4.49. The molecule has 1 heterocycles. The average Bonchev–Trinajstić information content (AvgIpc) is 2.11. The first-order valence-electron chi connectivity index (χ1n) is 5.48. The zero-order valence-corrected chi connectivity index (χ0v) is 9.25. The molecule has 0 saturated carbocycles. The highest BCUT2D eigenvalue weighted by molar-refractivity contribution is 5.79. The molecule has 1 aliphatic heterocycles. The van der Waals surface area contributed by atoms with E-state index < -0.39 is 5.60 Å². The second-order valence-corrected chi connectivity index (χ2v) is 4.49. The lowest BCUT2D eigenvalue weighted by atomic mass is 9.86. The number of hydrogen-bond donors (Lipinski definition) is 1. The van der Waals surface area contributed by atoms with Gasteiger partial charge < -0.3 is 10.0 Å². The smallest absolute Gasteiger partial charge is 0.135 e. The van der Waals surface area contributed by atoms with Crippen molar-refractivity contribution >= 4 is 5.78 Å². The second kappa shape index (κ2) is 4.89. The van der Waals surface area contributed by atoms with Gasteiger partial charge in [0.25, 0.3) is 0 Å². The third-order valence-electron chi connectivity index (χ3n) is 2.97. The molecular weight excluding hydrogens is 178 g/mol. The van der Waals surface area contributed by atoms with Crippen molar-refractivity contribution < 1.29 is 9.90 Å². The van der Waals surface area contributed by atoms with Gasteiger partial charge in [0.1, 0.15) is 5.78 Å². The summed E-state index contributed by atoms with van der Waals surface area (Å²) in [5.74, 6) is 0.208. The molecule has 1 aliphatic rings. The maximum atomic E-state index is 11.4. The van der Waals surface area contributed by atoms with E-state index in [0.29, 0.717) is 12.8 Å². The summed E-state index contributed by atoms with van der Waals surface area (Å²) >= 11 is 0. The van der Waals surface area contributed by atoms with Crippen LogP contribution in [-0.4, -0.2) is 41.5 Å². The van der Waals surface area contributed by atoms with Crippen molar-refractivity contribution in [1.82, 2.24) is 4.90 Å². The summed E-state index contributed by atoms with van der Waals surface area (Å²) in [6.45, 7) is 3.79. The Kier molecular flexibility index (Phi) is 4.08. The van der Waals surface area contributed by atoms with E-state index in [1.807, 2.05) is 14.0 Å². The molecule has 0 bridgehead atoms. The third-order valence-corrected chi connectivity index (χ3v) is 2.97. The van der Waals surface area contributed by atoms with Gasteiger partial charge >= 0.3 is 0 Å². The SMILES string of the molecule is CCCC(=O)CC1(O)CCN(C)CC1. The van der Waals surface area contributed by atoms with Crippen molar-refractivity contribution in [3.05, 3.63) is 0 Å². The Bertz CT molecular complexity index is 195. The molecule has 0 spiro atoms. The molecule has 0 aromatic carbocycles. The molecule has 3 heteroatoms. The summed E-state index contributed by atoms with van der Waals surface area (Å²) < 4.78 is 0. The first-order chi connectivity index (χ1) is 6.56. The van der Waals surface area contributed by atoms with Crippen molar-refractivity contribution in [3.63, 3.8) is 0 Å². The van der Waals surface area contributed by atoms with Crippen molar-refractivity contribution in [2.75, 3.05) is 20.1 Å². The molecule has 1 fully saturated rings. The van der Waals surface area contributed by atoms with Crippen LogP contribution in [0.2, 0.25) is 0 Å². The van der Waals surface area contributed by atoms with Crippen LogP contribution < -0.4 is 0 Å². The Labute approximate surface area is 86.1 Å². The Morgan fingerprint density at radius 2 is 2.00 bits per heavy atom. The average molecular weight is 199 g/mol. The highest BCUT2D eigenvalue weighted by atomic mass is 16.3. The zero-order valence-electron chi connectivity index (χ0n) is 9.25. The van der Waals surface area contributed by atoms with Gasteiger partial charge in [0.15, 0.2) is 0 Å². The van der Waals surface area contributed by atoms with Gasteiger partial charge in [-0.05, 0) is 26.3 Å². The monoisotopic (exact) mass is 199 g/mol. The fourth-order valence-electron chi connectivity index (χ4n) is 1.95. The van der Waals surface area contributed by atoms with E-state index in [1.54, 1.807) is 0 Å². The van der Waals surface area contributed by atoms with Crippen LogP contribution in [0.1, 0.15) is 39.0 Å². The van der Waals surface area contributed by atoms with Gasteiger partial charge in [0.05, 0.1) is 5.60 Å². The van der Waals surface area contributed by atoms with E-state index >= 15 is 0 Å². The quantitative estimate of drug-likeness (QED) is 0.739. The standard InChI is InChI=1S/C11H21NO2/c1-3-4-10(13)9-11(14)5-7-12(2)8-6-11/h14H,3-9H2,1-2H3. The summed E-state index contributed by atoms with van der Waals surface area (Å²) in [6, 6.07) is 0. The van der Waals surface area contributed by atoms with Gasteiger partial charge in [0.2, 0.25) is 0 Å². The normalized spacial score (nSPS) is 22.2. The van der Waals surface area contributed by atoms with Gasteiger partial charge in [0, 0.05) is 25.9 Å². The minimum absolute atomic E-state index is 0.208. The maximum Gasteiger partial charge on any atom is 0.135 e. The zero-order chi connectivity index (χ0) is 10.6. The fourth-order valence-corrected chi connectivity index (χ4v) is 1.95. The van der Waals surface area contributed by atoms with Crippen LogP contribution in [0.15, 0.2) is 0 Å². The molecule has 14 heavy (non-hydrogen) atoms. The van der Waals surface area contributed by atoms with Gasteiger partial charge in [-0.25, -0.2) is 0 Å².